The largest absolute Gasteiger partial charge is 0.495 e. The van der Waals surface area contributed by atoms with Gasteiger partial charge in [-0.1, -0.05) is 35.3 Å². The minimum Gasteiger partial charge on any atom is -0.319 e. The summed E-state index contributed by atoms with van der Waals surface area (Å²) in [6.45, 7) is 0.706. The Morgan fingerprint density at radius 1 is 1.41 bits per heavy atom. The van der Waals surface area contributed by atoms with Crippen LogP contribution in [0, 0.1) is 6.20 Å². The van der Waals surface area contributed by atoms with E-state index in [1.807, 2.05) is 32.3 Å². The molecule has 1 aliphatic rings. The fourth-order valence-electron chi connectivity index (χ4n) is 1.78. The highest BCUT2D eigenvalue weighted by molar-refractivity contribution is 5.19. The molecule has 1 unspecified atom stereocenters. The number of hydrazine groups is 1. The van der Waals surface area contributed by atoms with Crippen LogP contribution in [-0.2, 0) is 4.84 Å². The van der Waals surface area contributed by atoms with Gasteiger partial charge in [-0.25, -0.2) is 0 Å². The van der Waals surface area contributed by atoms with E-state index in [-0.39, 0.29) is 11.9 Å². The Bertz CT molecular complexity index is 391. The van der Waals surface area contributed by atoms with Gasteiger partial charge in [-0.15, -0.1) is 0 Å². The van der Waals surface area contributed by atoms with E-state index >= 15 is 0 Å². The van der Waals surface area contributed by atoms with E-state index in [2.05, 4.69) is 28.8 Å². The minimum absolute atomic E-state index is 0.241. The van der Waals surface area contributed by atoms with Gasteiger partial charge in [-0.2, -0.15) is 0 Å². The van der Waals surface area contributed by atoms with Crippen molar-refractivity contribution in [2.45, 2.75) is 6.04 Å². The number of rotatable bonds is 4. The average molecular weight is 233 g/mol. The van der Waals surface area contributed by atoms with Gasteiger partial charge in [0.25, 0.3) is 0 Å². The zero-order valence-electron chi connectivity index (χ0n) is 10.1. The molecule has 0 saturated carbocycles. The molecule has 1 aromatic rings. The summed E-state index contributed by atoms with van der Waals surface area (Å²) >= 11 is 0. The molecule has 3 N–H and O–H groups in total. The number of hydrogen-bond acceptors (Lipinski definition) is 5. The van der Waals surface area contributed by atoms with Crippen LogP contribution in [0.4, 0.5) is 0 Å². The van der Waals surface area contributed by atoms with Crippen LogP contribution in [0.25, 0.3) is 0 Å². The van der Waals surface area contributed by atoms with Crippen molar-refractivity contribution in [3.63, 3.8) is 0 Å². The molecule has 5 heteroatoms. The van der Waals surface area contributed by atoms with Crippen molar-refractivity contribution in [2.75, 3.05) is 20.6 Å². The second-order valence-corrected chi connectivity index (χ2v) is 4.17. The van der Waals surface area contributed by atoms with Crippen molar-refractivity contribution < 1.29 is 4.84 Å². The Morgan fingerprint density at radius 3 is 2.65 bits per heavy atom. The number of nitrogens with two attached hydrogens (primary N) is 1. The van der Waals surface area contributed by atoms with Crippen LogP contribution in [-0.4, -0.2) is 30.5 Å². The van der Waals surface area contributed by atoms with Crippen molar-refractivity contribution in [3.05, 3.63) is 48.0 Å². The highest BCUT2D eigenvalue weighted by Gasteiger charge is 2.31. The summed E-state index contributed by atoms with van der Waals surface area (Å²) in [7, 11) is 4.09. The molecule has 0 fully saturated rings. The lowest BCUT2D eigenvalue weighted by Crippen LogP contribution is -2.37. The van der Waals surface area contributed by atoms with Gasteiger partial charge in [-0.3, -0.25) is 0 Å². The van der Waals surface area contributed by atoms with E-state index in [1.165, 1.54) is 5.56 Å². The van der Waals surface area contributed by atoms with Crippen LogP contribution in [0.3, 0.4) is 0 Å². The third-order valence-electron chi connectivity index (χ3n) is 2.67. The van der Waals surface area contributed by atoms with Crippen molar-refractivity contribution in [1.29, 1.82) is 0 Å². The van der Waals surface area contributed by atoms with Gasteiger partial charge in [0, 0.05) is 0 Å². The highest BCUT2D eigenvalue weighted by atomic mass is 16.7. The maximum atomic E-state index is 5.48. The molecule has 2 rings (SSSR count). The molecule has 0 saturated heterocycles. The summed E-state index contributed by atoms with van der Waals surface area (Å²) in [5.41, 5.74) is 9.42. The van der Waals surface area contributed by atoms with Crippen molar-refractivity contribution in [3.8, 4) is 0 Å². The van der Waals surface area contributed by atoms with Crippen LogP contribution < -0.4 is 11.3 Å². The lowest BCUT2D eigenvalue weighted by molar-refractivity contribution is 0.00720. The fourth-order valence-corrected chi connectivity index (χ4v) is 1.78. The van der Waals surface area contributed by atoms with Crippen LogP contribution in [0.15, 0.2) is 36.2 Å². The lowest BCUT2D eigenvalue weighted by Gasteiger charge is -2.24. The van der Waals surface area contributed by atoms with Gasteiger partial charge in [0.05, 0.1) is 6.04 Å². The Labute approximate surface area is 101 Å². The summed E-state index contributed by atoms with van der Waals surface area (Å²) in [4.78, 5) is 7.07. The SMILES string of the molecule is CN(C)C(CN1[C+]=C(N)ON1)c1ccccc1. The van der Waals surface area contributed by atoms with Crippen LogP contribution >= 0.6 is 0 Å². The molecule has 1 atom stereocenters. The van der Waals surface area contributed by atoms with E-state index in [9.17, 15) is 0 Å². The average Bonchev–Trinajstić information content (AvgIpc) is 2.73. The summed E-state index contributed by atoms with van der Waals surface area (Å²) < 4.78 is 0. The molecule has 1 heterocycles. The molecule has 90 valence electrons. The van der Waals surface area contributed by atoms with E-state index in [0.29, 0.717) is 6.54 Å². The van der Waals surface area contributed by atoms with Crippen LogP contribution in [0.2, 0.25) is 0 Å². The van der Waals surface area contributed by atoms with Crippen molar-refractivity contribution in [2.24, 2.45) is 5.73 Å². The number of benzene rings is 1. The normalized spacial score (nSPS) is 16.4. The molecule has 0 bridgehead atoms. The molecule has 1 aromatic carbocycles. The highest BCUT2D eigenvalue weighted by Crippen LogP contribution is 2.19. The maximum Gasteiger partial charge on any atom is 0.495 e. The fraction of sp³-hybridized carbons (Fsp3) is 0.333. The third kappa shape index (κ3) is 2.85. The maximum absolute atomic E-state index is 5.48. The van der Waals surface area contributed by atoms with Gasteiger partial charge < -0.3 is 15.5 Å². The summed E-state index contributed by atoms with van der Waals surface area (Å²) in [6, 6.07) is 10.5. The van der Waals surface area contributed by atoms with Gasteiger partial charge >= 0.3 is 12.1 Å². The Balaban J connectivity index is 2.09. The second kappa shape index (κ2) is 5.01. The van der Waals surface area contributed by atoms with Crippen LogP contribution in [0.5, 0.6) is 0 Å². The van der Waals surface area contributed by atoms with E-state index < -0.39 is 0 Å². The summed E-state index contributed by atoms with van der Waals surface area (Å²) in [5, 5.41) is 1.72. The molecule has 0 aliphatic carbocycles. The van der Waals surface area contributed by atoms with Gasteiger partial charge in [-0.05, 0) is 25.2 Å². The van der Waals surface area contributed by atoms with E-state index in [0.717, 1.165) is 0 Å². The molecule has 0 aromatic heterocycles. The third-order valence-corrected chi connectivity index (χ3v) is 2.67. The first-order valence-corrected chi connectivity index (χ1v) is 5.47. The summed E-state index contributed by atoms with van der Waals surface area (Å²) in [6.07, 6.45) is 2.88. The standard InChI is InChI=1S/C12H17N4O/c1-15(2)11(10-6-4-3-5-7-10)8-16-9-12(13)17-14-16/h3-7,11,14H,8,13H2,1-2H3/q+1. The Kier molecular flexibility index (Phi) is 3.44. The topological polar surface area (TPSA) is 53.8 Å². The van der Waals surface area contributed by atoms with Crippen LogP contribution in [0.1, 0.15) is 11.6 Å². The Hall–Kier alpha value is -1.81. The van der Waals surface area contributed by atoms with E-state index in [4.69, 9.17) is 10.6 Å². The molecular formula is C12H17N4O+. The number of likely N-dealkylation sites (N-methyl/N-ethyl adjacent to an activating group) is 1. The first-order chi connectivity index (χ1) is 8.16. The van der Waals surface area contributed by atoms with Crippen molar-refractivity contribution >= 4 is 0 Å². The van der Waals surface area contributed by atoms with Crippen molar-refractivity contribution in [1.82, 2.24) is 15.5 Å². The Morgan fingerprint density at radius 2 is 2.12 bits per heavy atom. The molecule has 1 aliphatic heterocycles. The monoisotopic (exact) mass is 233 g/mol. The molecular weight excluding hydrogens is 216 g/mol. The molecule has 0 spiro atoms. The zero-order chi connectivity index (χ0) is 12.3. The lowest BCUT2D eigenvalue weighted by atomic mass is 10.1. The number of nitrogens with one attached hydrogen (secondary N) is 1. The predicted molar refractivity (Wildman–Crippen MR) is 64.7 cm³/mol. The van der Waals surface area contributed by atoms with Gasteiger partial charge in [0.1, 0.15) is 6.54 Å². The molecule has 0 amide bonds. The quantitative estimate of drug-likeness (QED) is 0.746. The van der Waals surface area contributed by atoms with Gasteiger partial charge in [0.15, 0.2) is 0 Å². The van der Waals surface area contributed by atoms with Gasteiger partial charge in [0.2, 0.25) is 0 Å². The first kappa shape index (κ1) is 11.7. The predicted octanol–water partition coefficient (Wildman–Crippen LogP) is 0.602. The molecule has 5 nitrogen and oxygen atoms in total. The zero-order valence-corrected chi connectivity index (χ0v) is 10.1. The minimum atomic E-state index is 0.241. The first-order valence-electron chi connectivity index (χ1n) is 5.47. The number of hydrogen-bond donors (Lipinski definition) is 2. The second-order valence-electron chi connectivity index (χ2n) is 4.17. The molecule has 17 heavy (non-hydrogen) atoms. The van der Waals surface area contributed by atoms with E-state index in [1.54, 1.807) is 5.01 Å². The molecule has 0 radical (unpaired) electrons. The summed E-state index contributed by atoms with van der Waals surface area (Å²) in [5.74, 6) is 0.260. The number of nitrogens with zero attached hydrogens (tertiary/aromatic N) is 2. The smallest absolute Gasteiger partial charge is 0.319 e.